The van der Waals surface area contributed by atoms with Gasteiger partial charge in [0.15, 0.2) is 0 Å². The minimum absolute atomic E-state index is 0.291. The molecule has 0 atom stereocenters. The zero-order valence-corrected chi connectivity index (χ0v) is 29.0. The van der Waals surface area contributed by atoms with Crippen LogP contribution in [0.2, 0.25) is 0 Å². The van der Waals surface area contributed by atoms with Gasteiger partial charge in [-0.25, -0.2) is 20.0 Å². The number of furan rings is 2. The Balaban J connectivity index is 1.22. The highest BCUT2D eigenvalue weighted by Gasteiger charge is 2.21. The molecule has 8 rings (SSSR count). The molecule has 2 fully saturated rings. The van der Waals surface area contributed by atoms with E-state index in [1.165, 1.54) is 31.3 Å². The Bertz CT molecular complexity index is 2040. The van der Waals surface area contributed by atoms with Crippen molar-refractivity contribution in [3.63, 3.8) is 0 Å². The van der Waals surface area contributed by atoms with Gasteiger partial charge in [-0.05, 0) is 99.6 Å². The zero-order chi connectivity index (χ0) is 35.4. The molecule has 0 aliphatic carbocycles. The maximum Gasteiger partial charge on any atom is 0.279 e. The fourth-order valence-electron chi connectivity index (χ4n) is 7.07. The third kappa shape index (κ3) is 7.60. The van der Waals surface area contributed by atoms with Crippen LogP contribution in [0.25, 0.3) is 5.70 Å². The summed E-state index contributed by atoms with van der Waals surface area (Å²) in [5.74, 6) is 1.68. The predicted octanol–water partition coefficient (Wildman–Crippen LogP) is 9.64. The highest BCUT2D eigenvalue weighted by Crippen LogP contribution is 2.36. The number of benzene rings is 2. The van der Waals surface area contributed by atoms with Gasteiger partial charge in [-0.15, -0.1) is 0 Å². The van der Waals surface area contributed by atoms with Gasteiger partial charge in [0.1, 0.15) is 18.0 Å². The number of hydrogen-bond donors (Lipinski definition) is 2. The largest absolute Gasteiger partial charge is 0.415 e. The van der Waals surface area contributed by atoms with Gasteiger partial charge in [0.25, 0.3) is 12.0 Å². The van der Waals surface area contributed by atoms with Crippen molar-refractivity contribution in [1.29, 1.82) is 0 Å². The van der Waals surface area contributed by atoms with Crippen LogP contribution in [0.15, 0.2) is 107 Å². The van der Waals surface area contributed by atoms with Gasteiger partial charge in [0, 0.05) is 72.9 Å². The molecule has 0 amide bonds. The number of nitrogens with one attached hydrogen (secondary N) is 2. The molecular formula is C40H40F2N8O2. The first-order valence-corrected chi connectivity index (χ1v) is 17.9. The van der Waals surface area contributed by atoms with E-state index >= 15 is 0 Å². The molecule has 2 bridgehead atoms. The van der Waals surface area contributed by atoms with E-state index in [0.717, 1.165) is 91.3 Å². The topological polar surface area (TPSA) is 106 Å². The summed E-state index contributed by atoms with van der Waals surface area (Å²) in [4.78, 5) is 23.8. The number of anilines is 6. The van der Waals surface area contributed by atoms with E-state index in [2.05, 4.69) is 54.7 Å². The molecule has 0 saturated carbocycles. The summed E-state index contributed by atoms with van der Waals surface area (Å²) in [5, 5.41) is 6.61. The SMILES string of the molecule is CC1=C/C(c2ccc(N3CCCCC3)cc2Nc2ccc(F)o2)=N\C2=NC=N\C(=N/C(c3ccc(N4CCCCC4)cc3Nc3ccc(F)o3)=C\1)C2. The Morgan fingerprint density at radius 3 is 1.79 bits per heavy atom. The Morgan fingerprint density at radius 2 is 1.21 bits per heavy atom. The first-order valence-electron chi connectivity index (χ1n) is 17.9. The number of piperidine rings is 2. The number of fused-ring (bicyclic) bond motifs is 2. The Labute approximate surface area is 301 Å². The number of allylic oxidation sites excluding steroid dienone is 3. The second kappa shape index (κ2) is 14.8. The van der Waals surface area contributed by atoms with Crippen molar-refractivity contribution >= 4 is 63.9 Å². The van der Waals surface area contributed by atoms with Crippen molar-refractivity contribution in [3.8, 4) is 0 Å². The Kier molecular flexibility index (Phi) is 9.52. The molecule has 2 N–H and O–H groups in total. The quantitative estimate of drug-likeness (QED) is 0.189. The third-order valence-electron chi connectivity index (χ3n) is 9.62. The van der Waals surface area contributed by atoms with E-state index in [9.17, 15) is 8.78 Å². The lowest BCUT2D eigenvalue weighted by atomic mass is 10.0. The van der Waals surface area contributed by atoms with Gasteiger partial charge in [-0.3, -0.25) is 0 Å². The van der Waals surface area contributed by atoms with E-state index < -0.39 is 12.0 Å². The molecule has 52 heavy (non-hydrogen) atoms. The molecule has 266 valence electrons. The monoisotopic (exact) mass is 702 g/mol. The van der Waals surface area contributed by atoms with Gasteiger partial charge in [-0.2, -0.15) is 8.78 Å². The van der Waals surface area contributed by atoms with Gasteiger partial charge >= 0.3 is 0 Å². The number of hydrogen-bond acceptors (Lipinski definition) is 10. The zero-order valence-electron chi connectivity index (χ0n) is 29.0. The van der Waals surface area contributed by atoms with Crippen molar-refractivity contribution in [2.24, 2.45) is 20.0 Å². The molecule has 10 nitrogen and oxygen atoms in total. The first-order chi connectivity index (χ1) is 25.4. The molecule has 2 aromatic carbocycles. The average molecular weight is 703 g/mol. The van der Waals surface area contributed by atoms with Crippen LogP contribution in [0.3, 0.4) is 0 Å². The fourth-order valence-corrected chi connectivity index (χ4v) is 7.07. The Hall–Kier alpha value is -5.78. The molecule has 4 aliphatic heterocycles. The van der Waals surface area contributed by atoms with Crippen LogP contribution in [0, 0.1) is 12.0 Å². The van der Waals surface area contributed by atoms with Gasteiger partial charge in [0.05, 0.1) is 29.2 Å². The second-order valence-electron chi connectivity index (χ2n) is 13.4. The van der Waals surface area contributed by atoms with E-state index in [0.29, 0.717) is 41.3 Å². The van der Waals surface area contributed by atoms with Crippen LogP contribution < -0.4 is 20.4 Å². The number of nitrogens with zero attached hydrogens (tertiary/aromatic N) is 6. The number of aliphatic imine (C=N–C) groups is 4. The van der Waals surface area contributed by atoms with Crippen LogP contribution in [-0.2, 0) is 0 Å². The smallest absolute Gasteiger partial charge is 0.279 e. The highest BCUT2D eigenvalue weighted by atomic mass is 19.1. The normalized spacial score (nSPS) is 21.9. The fraction of sp³-hybridized carbons (Fsp3) is 0.300. The lowest BCUT2D eigenvalue weighted by Gasteiger charge is -2.29. The van der Waals surface area contributed by atoms with E-state index in [-0.39, 0.29) is 0 Å². The van der Waals surface area contributed by atoms with Gasteiger partial charge < -0.3 is 29.3 Å². The Morgan fingerprint density at radius 1 is 0.635 bits per heavy atom. The van der Waals surface area contributed by atoms with Crippen molar-refractivity contribution < 1.29 is 17.6 Å². The summed E-state index contributed by atoms with van der Waals surface area (Å²) in [6.07, 6.45) is 12.8. The number of rotatable bonds is 8. The average Bonchev–Trinajstić information content (AvgIpc) is 3.77. The maximum atomic E-state index is 14.0. The third-order valence-corrected chi connectivity index (χ3v) is 9.62. The molecule has 0 spiro atoms. The predicted molar refractivity (Wildman–Crippen MR) is 205 cm³/mol. The van der Waals surface area contributed by atoms with Gasteiger partial charge in [-0.1, -0.05) is 0 Å². The molecule has 4 aromatic rings. The van der Waals surface area contributed by atoms with Crippen molar-refractivity contribution in [3.05, 3.63) is 102 Å². The number of amidine groups is 2. The first kappa shape index (κ1) is 33.4. The minimum Gasteiger partial charge on any atom is -0.415 e. The molecule has 0 radical (unpaired) electrons. The second-order valence-corrected chi connectivity index (χ2v) is 13.4. The molecule has 6 heterocycles. The standard InChI is InChI=1S/C40H40F2N8O2/c1-26-20-31(29-10-8-27(49-16-4-2-5-17-49)22-33(29)47-39-14-12-35(41)51-39)45-37-24-38(44-25-43-37)46-32(21-26)30-11-9-28(50-18-6-3-7-19-50)23-34(30)48-40-15-13-36(42)52-40/h8-15,20-23,25,47-48H,2-7,16-19,24H2,1H3/b26-20-,26-21?,31-20?,32-21-,45-31+,45-37?,46-32?,46-38-. The van der Waals surface area contributed by atoms with Crippen LogP contribution in [0.5, 0.6) is 0 Å². The summed E-state index contributed by atoms with van der Waals surface area (Å²) in [6, 6.07) is 16.8. The summed E-state index contributed by atoms with van der Waals surface area (Å²) in [7, 11) is 0. The van der Waals surface area contributed by atoms with Gasteiger partial charge in [0.2, 0.25) is 11.8 Å². The minimum atomic E-state index is -0.668. The van der Waals surface area contributed by atoms with Crippen molar-refractivity contribution in [2.75, 3.05) is 46.6 Å². The van der Waals surface area contributed by atoms with Crippen LogP contribution in [-0.4, -0.2) is 49.9 Å². The van der Waals surface area contributed by atoms with Crippen LogP contribution >= 0.6 is 0 Å². The molecule has 0 unspecified atom stereocenters. The lowest BCUT2D eigenvalue weighted by Crippen LogP contribution is -2.29. The summed E-state index contributed by atoms with van der Waals surface area (Å²) < 4.78 is 38.5. The van der Waals surface area contributed by atoms with Crippen LogP contribution in [0.1, 0.15) is 63.0 Å². The van der Waals surface area contributed by atoms with Crippen molar-refractivity contribution in [2.45, 2.75) is 51.9 Å². The summed E-state index contributed by atoms with van der Waals surface area (Å²) in [6.45, 7) is 5.90. The van der Waals surface area contributed by atoms with Crippen molar-refractivity contribution in [1.82, 2.24) is 0 Å². The summed E-state index contributed by atoms with van der Waals surface area (Å²) >= 11 is 0. The highest BCUT2D eigenvalue weighted by molar-refractivity contribution is 6.21. The van der Waals surface area contributed by atoms with E-state index in [1.54, 1.807) is 12.1 Å². The molecule has 12 heteroatoms. The van der Waals surface area contributed by atoms with E-state index in [4.69, 9.17) is 18.8 Å². The van der Waals surface area contributed by atoms with Crippen LogP contribution in [0.4, 0.5) is 43.3 Å². The molecule has 2 saturated heterocycles. The lowest BCUT2D eigenvalue weighted by molar-refractivity contribution is 0.368. The van der Waals surface area contributed by atoms with E-state index in [1.807, 2.05) is 31.2 Å². The molecule has 2 aromatic heterocycles. The molecule has 4 aliphatic rings. The summed E-state index contributed by atoms with van der Waals surface area (Å²) in [5.41, 5.74) is 7.38. The maximum absolute atomic E-state index is 14.0. The molecular weight excluding hydrogens is 662 g/mol. The number of halogens is 2.